The summed E-state index contributed by atoms with van der Waals surface area (Å²) >= 11 is 3.62. The highest BCUT2D eigenvalue weighted by molar-refractivity contribution is 9.10. The standard InChI is InChI=1S/C34H22N2.C22H14BrN.C19H21BO2/c1-2-9-25(10-3-1)36-33-19-16-24(21-30(33)28-17-14-22-8-4-5-11-26(22)34(28)36)23-15-18-32-29(20-23)27-12-6-7-13-31(27)35-32;23-16-11-13-21-20(14-16)19-12-10-15-6-4-5-9-18(15)22(19)24(21)17-7-2-1-3-8-17;1-18(2)19(3,4)22-20(21-18)15-10-9-14-11-13-7-5-6-8-16(13)17(14)12-15/h1-21,35H;1-14H;5-10,12H,11H2,1-4H3. The maximum Gasteiger partial charge on any atom is 0.494 e. The number of fused-ring (bicyclic) bond motifs is 16. The second-order valence-corrected chi connectivity index (χ2v) is 23.8. The number of benzene rings is 12. The molecule has 0 atom stereocenters. The summed E-state index contributed by atoms with van der Waals surface area (Å²) in [6.45, 7) is 8.37. The lowest BCUT2D eigenvalue weighted by Crippen LogP contribution is -2.41. The van der Waals surface area contributed by atoms with Crippen molar-refractivity contribution in [2.75, 3.05) is 0 Å². The number of rotatable bonds is 4. The molecule has 12 aromatic carbocycles. The highest BCUT2D eigenvalue weighted by atomic mass is 79.9. The van der Waals surface area contributed by atoms with Gasteiger partial charge < -0.3 is 23.4 Å². The van der Waals surface area contributed by atoms with Crippen LogP contribution in [0.2, 0.25) is 0 Å². The quantitative estimate of drug-likeness (QED) is 0.179. The molecule has 82 heavy (non-hydrogen) atoms. The van der Waals surface area contributed by atoms with Gasteiger partial charge in [-0.3, -0.25) is 0 Å². The van der Waals surface area contributed by atoms with Crippen molar-refractivity contribution in [3.8, 4) is 33.6 Å². The van der Waals surface area contributed by atoms with Crippen molar-refractivity contribution >= 4 is 115 Å². The molecular formula is C75H57BBrN3O2. The minimum absolute atomic E-state index is 0.289. The van der Waals surface area contributed by atoms with E-state index in [0.717, 1.165) is 16.4 Å². The monoisotopic (exact) mass is 1120 g/mol. The molecule has 3 aromatic heterocycles. The summed E-state index contributed by atoms with van der Waals surface area (Å²) in [5, 5.41) is 12.7. The van der Waals surface area contributed by atoms with Crippen molar-refractivity contribution in [3.05, 3.63) is 270 Å². The zero-order valence-electron chi connectivity index (χ0n) is 46.1. The SMILES string of the molecule is Brc1ccc2c(c1)c1ccc3ccccc3c1n2-c1ccccc1.CC1(C)OB(c2ccc3c(c2)-c2ccccc2C3)OC1(C)C.c1ccc(-n2c3ccc(-c4ccc5[nH]c6ccccc6c5c4)cc3c3ccc4ccccc4c32)cc1. The Morgan fingerprint density at radius 1 is 0.390 bits per heavy atom. The minimum Gasteiger partial charge on any atom is -0.399 e. The number of H-pyrrole nitrogens is 1. The lowest BCUT2D eigenvalue weighted by Gasteiger charge is -2.32. The van der Waals surface area contributed by atoms with Gasteiger partial charge >= 0.3 is 7.12 Å². The van der Waals surface area contributed by atoms with Crippen LogP contribution in [-0.4, -0.2) is 32.4 Å². The van der Waals surface area contributed by atoms with E-state index in [1.54, 1.807) is 0 Å². The van der Waals surface area contributed by atoms with Crippen LogP contribution in [-0.2, 0) is 15.7 Å². The number of halogens is 1. The lowest BCUT2D eigenvalue weighted by atomic mass is 9.77. The van der Waals surface area contributed by atoms with Crippen molar-refractivity contribution in [2.24, 2.45) is 0 Å². The molecule has 0 saturated carbocycles. The zero-order chi connectivity index (χ0) is 55.3. The molecule has 0 bridgehead atoms. The molecule has 2 aliphatic rings. The number of hydrogen-bond acceptors (Lipinski definition) is 2. The van der Waals surface area contributed by atoms with Gasteiger partial charge in [-0.1, -0.05) is 198 Å². The molecule has 1 fully saturated rings. The Balaban J connectivity index is 0.000000110. The number of nitrogens with one attached hydrogen (secondary N) is 1. The average molecular weight is 1120 g/mol. The Morgan fingerprint density at radius 3 is 1.54 bits per heavy atom. The van der Waals surface area contributed by atoms with Crippen LogP contribution in [0.15, 0.2) is 259 Å². The predicted octanol–water partition coefficient (Wildman–Crippen LogP) is 19.5. The minimum atomic E-state index is -0.297. The number of hydrogen-bond donors (Lipinski definition) is 1. The summed E-state index contributed by atoms with van der Waals surface area (Å²) in [6, 6.07) is 91.5. The van der Waals surface area contributed by atoms with E-state index in [1.807, 2.05) is 0 Å². The predicted molar refractivity (Wildman–Crippen MR) is 349 cm³/mol. The molecule has 1 N–H and O–H groups in total. The fourth-order valence-electron chi connectivity index (χ4n) is 12.7. The van der Waals surface area contributed by atoms with Gasteiger partial charge in [-0.25, -0.2) is 0 Å². The fraction of sp³-hybridized carbons (Fsp3) is 0.0933. The van der Waals surface area contributed by atoms with Gasteiger partial charge in [0, 0.05) is 70.0 Å². The number of nitrogens with zero attached hydrogens (tertiary/aromatic N) is 2. The summed E-state index contributed by atoms with van der Waals surface area (Å²) in [5.74, 6) is 0. The first kappa shape index (κ1) is 50.0. The van der Waals surface area contributed by atoms with Crippen LogP contribution in [0.25, 0.3) is 121 Å². The smallest absolute Gasteiger partial charge is 0.399 e. The van der Waals surface area contributed by atoms with Crippen LogP contribution >= 0.6 is 15.9 Å². The van der Waals surface area contributed by atoms with E-state index in [9.17, 15) is 0 Å². The van der Waals surface area contributed by atoms with E-state index in [4.69, 9.17) is 9.31 Å². The van der Waals surface area contributed by atoms with E-state index in [1.165, 1.54) is 132 Å². The van der Waals surface area contributed by atoms with E-state index < -0.39 is 0 Å². The van der Waals surface area contributed by atoms with Gasteiger partial charge in [0.25, 0.3) is 0 Å². The van der Waals surface area contributed by atoms with Gasteiger partial charge in [0.15, 0.2) is 0 Å². The van der Waals surface area contributed by atoms with Gasteiger partial charge in [-0.2, -0.15) is 0 Å². The van der Waals surface area contributed by atoms with E-state index in [-0.39, 0.29) is 18.3 Å². The Kier molecular flexibility index (Phi) is 12.0. The fourth-order valence-corrected chi connectivity index (χ4v) is 13.1. The van der Waals surface area contributed by atoms with Gasteiger partial charge in [-0.15, -0.1) is 0 Å². The van der Waals surface area contributed by atoms with Crippen LogP contribution in [0.5, 0.6) is 0 Å². The third kappa shape index (κ3) is 8.37. The highest BCUT2D eigenvalue weighted by Gasteiger charge is 2.52. The molecule has 0 amide bonds. The summed E-state index contributed by atoms with van der Waals surface area (Å²) < 4.78 is 18.2. The molecule has 7 heteroatoms. The lowest BCUT2D eigenvalue weighted by molar-refractivity contribution is 0.00578. The molecule has 1 saturated heterocycles. The summed E-state index contributed by atoms with van der Waals surface area (Å²) in [4.78, 5) is 3.55. The van der Waals surface area contributed by atoms with Crippen molar-refractivity contribution in [3.63, 3.8) is 0 Å². The van der Waals surface area contributed by atoms with Crippen LogP contribution in [0, 0.1) is 0 Å². The summed E-state index contributed by atoms with van der Waals surface area (Å²) in [6.07, 6.45) is 1.02. The molecule has 17 rings (SSSR count). The Morgan fingerprint density at radius 2 is 0.890 bits per heavy atom. The van der Waals surface area contributed by atoms with Crippen LogP contribution < -0.4 is 5.46 Å². The Labute approximate surface area is 485 Å². The zero-order valence-corrected chi connectivity index (χ0v) is 47.7. The maximum atomic E-state index is 6.18. The second kappa shape index (κ2) is 19.6. The van der Waals surface area contributed by atoms with Gasteiger partial charge in [0.05, 0.1) is 33.3 Å². The third-order valence-electron chi connectivity index (χ3n) is 17.5. The largest absolute Gasteiger partial charge is 0.494 e. The molecule has 1 aliphatic carbocycles. The van der Waals surface area contributed by atoms with Crippen LogP contribution in [0.4, 0.5) is 0 Å². The number of aromatic nitrogens is 3. The van der Waals surface area contributed by atoms with Gasteiger partial charge in [0.2, 0.25) is 0 Å². The third-order valence-corrected chi connectivity index (χ3v) is 18.0. The molecule has 0 spiro atoms. The van der Waals surface area contributed by atoms with Crippen molar-refractivity contribution in [2.45, 2.75) is 45.3 Å². The Hall–Kier alpha value is -8.98. The highest BCUT2D eigenvalue weighted by Crippen LogP contribution is 2.42. The number of aromatic amines is 1. The molecule has 1 aliphatic heterocycles. The molecular weight excluding hydrogens is 1070 g/mol. The van der Waals surface area contributed by atoms with Crippen LogP contribution in [0.3, 0.4) is 0 Å². The summed E-state index contributed by atoms with van der Waals surface area (Å²) in [7, 11) is -0.289. The molecule has 4 heterocycles. The van der Waals surface area contributed by atoms with Crippen LogP contribution in [0.1, 0.15) is 38.8 Å². The molecule has 0 unspecified atom stereocenters. The second-order valence-electron chi connectivity index (χ2n) is 22.9. The van der Waals surface area contributed by atoms with Crippen molar-refractivity contribution in [1.82, 2.24) is 14.1 Å². The first-order valence-corrected chi connectivity index (χ1v) is 29.1. The molecule has 15 aromatic rings. The average Bonchev–Trinajstić information content (AvgIpc) is 3.57. The summed E-state index contributed by atoms with van der Waals surface area (Å²) in [5.41, 5.74) is 18.2. The normalized spacial score (nSPS) is 14.2. The van der Waals surface area contributed by atoms with E-state index in [0.29, 0.717) is 0 Å². The van der Waals surface area contributed by atoms with E-state index in [2.05, 4.69) is 313 Å². The van der Waals surface area contributed by atoms with Crippen molar-refractivity contribution in [1.29, 1.82) is 0 Å². The van der Waals surface area contributed by atoms with E-state index >= 15 is 0 Å². The maximum absolute atomic E-state index is 6.18. The van der Waals surface area contributed by atoms with Gasteiger partial charge in [0.1, 0.15) is 0 Å². The molecule has 5 nitrogen and oxygen atoms in total. The number of para-hydroxylation sites is 3. The van der Waals surface area contributed by atoms with Gasteiger partial charge in [-0.05, 0) is 157 Å². The molecule has 394 valence electrons. The molecule has 0 radical (unpaired) electrons. The Bertz CT molecular complexity index is 4980. The topological polar surface area (TPSA) is 44.1 Å². The van der Waals surface area contributed by atoms with Crippen molar-refractivity contribution < 1.29 is 9.31 Å². The first-order valence-electron chi connectivity index (χ1n) is 28.3. The first-order chi connectivity index (χ1) is 40.0.